The van der Waals surface area contributed by atoms with Crippen LogP contribution in [0.4, 0.5) is 0 Å². The summed E-state index contributed by atoms with van der Waals surface area (Å²) in [6.07, 6.45) is 0. The molecule has 0 bridgehead atoms. The van der Waals surface area contributed by atoms with E-state index in [2.05, 4.69) is 51.1 Å². The number of rotatable bonds is 0. The Morgan fingerprint density at radius 1 is 0.875 bits per heavy atom. The average Bonchev–Trinajstić information content (AvgIpc) is 2.01. The Bertz CT molecular complexity index is 273. The van der Waals surface area contributed by atoms with Crippen LogP contribution in [0.3, 0.4) is 0 Å². The summed E-state index contributed by atoms with van der Waals surface area (Å²) in [5.74, 6) is 0. The molecule has 0 N–H and O–H groups in total. The largest absolute Gasteiger partial charge is 4.00 e. The zero-order valence-corrected chi connectivity index (χ0v) is 13.0. The van der Waals surface area contributed by atoms with E-state index in [9.17, 15) is 0 Å². The fourth-order valence-electron chi connectivity index (χ4n) is 0.938. The van der Waals surface area contributed by atoms with Crippen LogP contribution in [0.15, 0.2) is 30.3 Å². The minimum absolute atomic E-state index is 0. The van der Waals surface area contributed by atoms with Crippen molar-refractivity contribution in [2.45, 2.75) is 26.2 Å². The summed E-state index contributed by atoms with van der Waals surface area (Å²) in [6, 6.07) is 10.6. The van der Waals surface area contributed by atoms with Crippen molar-refractivity contribution in [2.24, 2.45) is 0 Å². The first-order valence-corrected chi connectivity index (χ1v) is 6.11. The van der Waals surface area contributed by atoms with Crippen LogP contribution in [0.1, 0.15) is 26.3 Å². The Hall–Kier alpha value is 0.160. The fraction of sp³-hybridized carbons (Fsp3) is 0.400. The molecule has 0 aromatic heterocycles. The first-order chi connectivity index (χ1) is 6.61. The molecule has 16 heavy (non-hydrogen) atoms. The van der Waals surface area contributed by atoms with Gasteiger partial charge >= 0.3 is 26.2 Å². The molecule has 0 saturated carbocycles. The maximum absolute atomic E-state index is 8.58. The van der Waals surface area contributed by atoms with E-state index in [4.69, 9.17) is 19.2 Å². The molecule has 0 saturated heterocycles. The van der Waals surface area contributed by atoms with Crippen LogP contribution in [0.2, 0.25) is 0 Å². The zero-order chi connectivity index (χ0) is 12.1. The van der Waals surface area contributed by atoms with Gasteiger partial charge in [0.05, 0.1) is 0 Å². The van der Waals surface area contributed by atoms with Gasteiger partial charge in [-0.3, -0.25) is 0 Å². The summed E-state index contributed by atoms with van der Waals surface area (Å²) in [6.45, 7) is 6.67. The van der Waals surface area contributed by atoms with Crippen molar-refractivity contribution < 1.29 is 45.4 Å². The molecular formula is C10H14O4SiZr. The van der Waals surface area contributed by atoms with Crippen molar-refractivity contribution in [2.75, 3.05) is 0 Å². The van der Waals surface area contributed by atoms with Crippen molar-refractivity contribution >= 4 is 9.05 Å². The first-order valence-electron chi connectivity index (χ1n) is 4.48. The van der Waals surface area contributed by atoms with E-state index < -0.39 is 9.05 Å². The molecule has 0 fully saturated rings. The predicted octanol–water partition coefficient (Wildman–Crippen LogP) is -2.16. The van der Waals surface area contributed by atoms with Crippen LogP contribution < -0.4 is 19.2 Å². The van der Waals surface area contributed by atoms with Crippen molar-refractivity contribution in [3.8, 4) is 0 Å². The monoisotopic (exact) mass is 316 g/mol. The van der Waals surface area contributed by atoms with Crippen LogP contribution >= 0.6 is 0 Å². The van der Waals surface area contributed by atoms with Gasteiger partial charge in [-0.2, -0.15) is 0 Å². The molecule has 86 valence electrons. The molecule has 0 spiro atoms. The zero-order valence-electron chi connectivity index (χ0n) is 9.52. The third-order valence-corrected chi connectivity index (χ3v) is 1.64. The van der Waals surface area contributed by atoms with Crippen LogP contribution in [0.5, 0.6) is 0 Å². The van der Waals surface area contributed by atoms with Crippen LogP contribution in [-0.4, -0.2) is 9.05 Å². The molecule has 0 aliphatic rings. The predicted molar refractivity (Wildman–Crippen MR) is 50.9 cm³/mol. The Balaban J connectivity index is 0. The Kier molecular flexibility index (Phi) is 8.66. The van der Waals surface area contributed by atoms with Gasteiger partial charge in [-0.25, -0.2) is 0 Å². The molecule has 0 aliphatic heterocycles. The van der Waals surface area contributed by atoms with E-state index in [0.717, 1.165) is 0 Å². The minimum atomic E-state index is -5.61. The summed E-state index contributed by atoms with van der Waals surface area (Å²) in [4.78, 5) is 34.3. The van der Waals surface area contributed by atoms with Gasteiger partial charge in [-0.1, -0.05) is 51.1 Å². The van der Waals surface area contributed by atoms with Gasteiger partial charge < -0.3 is 28.2 Å². The Morgan fingerprint density at radius 3 is 1.38 bits per heavy atom. The quantitative estimate of drug-likeness (QED) is 0.510. The van der Waals surface area contributed by atoms with Gasteiger partial charge in [0.25, 0.3) is 0 Å². The molecular weight excluding hydrogens is 303 g/mol. The summed E-state index contributed by atoms with van der Waals surface area (Å²) >= 11 is 0. The maximum Gasteiger partial charge on any atom is 4.00 e. The summed E-state index contributed by atoms with van der Waals surface area (Å²) in [7, 11) is -5.61. The van der Waals surface area contributed by atoms with Crippen LogP contribution in [0, 0.1) is 0 Å². The Labute approximate surface area is 116 Å². The molecule has 0 heterocycles. The molecule has 4 nitrogen and oxygen atoms in total. The van der Waals surface area contributed by atoms with Gasteiger partial charge in [0.15, 0.2) is 0 Å². The minimum Gasteiger partial charge on any atom is -0.894 e. The third-order valence-electron chi connectivity index (χ3n) is 1.64. The van der Waals surface area contributed by atoms with Gasteiger partial charge in [0.2, 0.25) is 0 Å². The molecule has 1 aromatic carbocycles. The first kappa shape index (κ1) is 18.5. The number of benzene rings is 1. The molecule has 0 unspecified atom stereocenters. The second-order valence-corrected chi connectivity index (χ2v) is 5.12. The van der Waals surface area contributed by atoms with E-state index in [0.29, 0.717) is 5.41 Å². The molecule has 0 aliphatic carbocycles. The van der Waals surface area contributed by atoms with E-state index in [1.807, 2.05) is 0 Å². The smallest absolute Gasteiger partial charge is 0.894 e. The van der Waals surface area contributed by atoms with Gasteiger partial charge in [0.1, 0.15) is 0 Å². The van der Waals surface area contributed by atoms with Crippen molar-refractivity contribution in [1.29, 1.82) is 0 Å². The summed E-state index contributed by atoms with van der Waals surface area (Å²) < 4.78 is 0. The normalized spacial score (nSPS) is 10.9. The average molecular weight is 318 g/mol. The summed E-state index contributed by atoms with van der Waals surface area (Å²) in [5, 5.41) is 0. The maximum atomic E-state index is 8.58. The van der Waals surface area contributed by atoms with E-state index in [1.165, 1.54) is 5.56 Å². The number of hydrogen-bond donors (Lipinski definition) is 0. The SMILES string of the molecule is CC(C)(C)c1ccccc1.[O-][Si]([O-])([O-])[O-].[Zr+4]. The Morgan fingerprint density at radius 2 is 1.19 bits per heavy atom. The van der Waals surface area contributed by atoms with Crippen molar-refractivity contribution in [3.05, 3.63) is 35.9 Å². The fourth-order valence-corrected chi connectivity index (χ4v) is 0.938. The number of hydrogen-bond acceptors (Lipinski definition) is 4. The summed E-state index contributed by atoms with van der Waals surface area (Å²) in [5.41, 5.74) is 1.69. The molecule has 0 atom stereocenters. The molecule has 1 aromatic rings. The second-order valence-electron chi connectivity index (χ2n) is 4.12. The molecule has 1 rings (SSSR count). The molecule has 0 amide bonds. The molecule has 6 heteroatoms. The third kappa shape index (κ3) is 12.2. The van der Waals surface area contributed by atoms with E-state index >= 15 is 0 Å². The second kappa shape index (κ2) is 7.48. The van der Waals surface area contributed by atoms with Gasteiger partial charge in [-0.05, 0) is 11.0 Å². The van der Waals surface area contributed by atoms with Crippen LogP contribution in [0.25, 0.3) is 0 Å². The van der Waals surface area contributed by atoms with Crippen molar-refractivity contribution in [1.82, 2.24) is 0 Å². The van der Waals surface area contributed by atoms with Gasteiger partial charge in [-0.15, -0.1) is 0 Å². The standard InChI is InChI=1S/C10H14.O4Si.Zr/c1-10(2,3)9-7-5-4-6-8-9;1-5(2,3)4;/h4-8H,1-3H3;;/q;-4;+4. The van der Waals surface area contributed by atoms with E-state index in [-0.39, 0.29) is 26.2 Å². The van der Waals surface area contributed by atoms with Gasteiger partial charge in [0, 0.05) is 0 Å². The van der Waals surface area contributed by atoms with Crippen molar-refractivity contribution in [3.63, 3.8) is 0 Å². The van der Waals surface area contributed by atoms with Crippen LogP contribution in [-0.2, 0) is 31.6 Å². The molecule has 0 radical (unpaired) electrons. The van der Waals surface area contributed by atoms with E-state index in [1.54, 1.807) is 0 Å². The topological polar surface area (TPSA) is 92.2 Å².